The molecule has 7 nitrogen and oxygen atoms in total. The molecule has 1 aromatic carbocycles. The summed E-state index contributed by atoms with van der Waals surface area (Å²) in [7, 11) is -2.65. The molecule has 1 aromatic rings. The monoisotopic (exact) mass is 361 g/mol. The molecule has 0 saturated carbocycles. The fourth-order valence-electron chi connectivity index (χ4n) is 1.29. The first-order valence-corrected chi connectivity index (χ1v) is 7.65. The molecule has 0 amide bonds. The van der Waals surface area contributed by atoms with Gasteiger partial charge in [0.2, 0.25) is 0 Å². The SMILES string of the molecule is CN(CCC(=O)O)S(=O)(=O)Nc1cc(Br)ccc1C#N. The van der Waals surface area contributed by atoms with Gasteiger partial charge in [-0.25, -0.2) is 0 Å². The summed E-state index contributed by atoms with van der Waals surface area (Å²) in [5, 5.41) is 17.5. The van der Waals surface area contributed by atoms with Crippen LogP contribution in [0, 0.1) is 11.3 Å². The lowest BCUT2D eigenvalue weighted by molar-refractivity contribution is -0.137. The van der Waals surface area contributed by atoms with Crippen LogP contribution in [0.2, 0.25) is 0 Å². The predicted molar refractivity (Wildman–Crippen MR) is 76.3 cm³/mol. The summed E-state index contributed by atoms with van der Waals surface area (Å²) >= 11 is 3.18. The number of halogens is 1. The number of rotatable bonds is 6. The molecule has 0 fully saturated rings. The summed E-state index contributed by atoms with van der Waals surface area (Å²) in [6.45, 7) is -0.166. The molecule has 20 heavy (non-hydrogen) atoms. The normalized spacial score (nSPS) is 11.1. The minimum atomic E-state index is -3.91. The van der Waals surface area contributed by atoms with E-state index in [1.807, 2.05) is 6.07 Å². The molecule has 0 spiro atoms. The Balaban J connectivity index is 2.94. The number of nitrogens with zero attached hydrogens (tertiary/aromatic N) is 2. The van der Waals surface area contributed by atoms with E-state index in [2.05, 4.69) is 20.7 Å². The van der Waals surface area contributed by atoms with Gasteiger partial charge in [0.05, 0.1) is 17.7 Å². The molecule has 1 rings (SSSR count). The van der Waals surface area contributed by atoms with Crippen molar-refractivity contribution in [2.24, 2.45) is 0 Å². The summed E-state index contributed by atoms with van der Waals surface area (Å²) < 4.78 is 27.7. The number of hydrogen-bond donors (Lipinski definition) is 2. The molecule has 0 aromatic heterocycles. The van der Waals surface area contributed by atoms with Gasteiger partial charge < -0.3 is 5.11 Å². The highest BCUT2D eigenvalue weighted by Crippen LogP contribution is 2.22. The van der Waals surface area contributed by atoms with Gasteiger partial charge in [0.25, 0.3) is 0 Å². The molecule has 108 valence electrons. The van der Waals surface area contributed by atoms with Gasteiger partial charge in [-0.3, -0.25) is 9.52 Å². The third-order valence-corrected chi connectivity index (χ3v) is 4.37. The van der Waals surface area contributed by atoms with Gasteiger partial charge in [-0.1, -0.05) is 15.9 Å². The van der Waals surface area contributed by atoms with E-state index in [1.54, 1.807) is 6.07 Å². The van der Waals surface area contributed by atoms with Crippen LogP contribution in [0.5, 0.6) is 0 Å². The van der Waals surface area contributed by atoms with E-state index in [0.717, 1.165) is 4.31 Å². The molecule has 0 heterocycles. The number of carboxylic acid groups (broad SMARTS) is 1. The van der Waals surface area contributed by atoms with Crippen LogP contribution in [-0.2, 0) is 15.0 Å². The van der Waals surface area contributed by atoms with E-state index in [4.69, 9.17) is 10.4 Å². The molecule has 0 radical (unpaired) electrons. The van der Waals surface area contributed by atoms with Gasteiger partial charge in [0, 0.05) is 18.1 Å². The van der Waals surface area contributed by atoms with Crippen LogP contribution in [0.15, 0.2) is 22.7 Å². The molecule has 0 atom stereocenters. The summed E-state index contributed by atoms with van der Waals surface area (Å²) in [5.41, 5.74) is 0.299. The van der Waals surface area contributed by atoms with E-state index < -0.39 is 16.2 Å². The minimum Gasteiger partial charge on any atom is -0.481 e. The Hall–Kier alpha value is -1.63. The maximum absolute atomic E-state index is 12.0. The average Bonchev–Trinajstić information content (AvgIpc) is 2.35. The highest BCUT2D eigenvalue weighted by molar-refractivity contribution is 9.10. The van der Waals surface area contributed by atoms with E-state index >= 15 is 0 Å². The zero-order chi connectivity index (χ0) is 15.3. The van der Waals surface area contributed by atoms with Crippen LogP contribution < -0.4 is 4.72 Å². The summed E-state index contributed by atoms with van der Waals surface area (Å²) in [6.07, 6.45) is -0.305. The topological polar surface area (TPSA) is 110 Å². The zero-order valence-electron chi connectivity index (χ0n) is 10.5. The Labute approximate surface area is 125 Å². The number of hydrogen-bond acceptors (Lipinski definition) is 4. The quantitative estimate of drug-likeness (QED) is 0.794. The van der Waals surface area contributed by atoms with Crippen molar-refractivity contribution in [1.29, 1.82) is 5.26 Å². The molecular formula is C11H12BrN3O4S. The van der Waals surface area contributed by atoms with Crippen molar-refractivity contribution in [3.05, 3.63) is 28.2 Å². The van der Waals surface area contributed by atoms with Gasteiger partial charge in [0.15, 0.2) is 0 Å². The largest absolute Gasteiger partial charge is 0.481 e. The lowest BCUT2D eigenvalue weighted by Crippen LogP contribution is -2.34. The number of benzene rings is 1. The summed E-state index contributed by atoms with van der Waals surface area (Å²) in [6, 6.07) is 6.42. The molecule has 0 aliphatic carbocycles. The van der Waals surface area contributed by atoms with E-state index in [9.17, 15) is 13.2 Å². The highest BCUT2D eigenvalue weighted by Gasteiger charge is 2.19. The Morgan fingerprint density at radius 2 is 2.20 bits per heavy atom. The van der Waals surface area contributed by atoms with Gasteiger partial charge in [-0.2, -0.15) is 18.0 Å². The van der Waals surface area contributed by atoms with Crippen LogP contribution >= 0.6 is 15.9 Å². The first kappa shape index (κ1) is 16.4. The third-order valence-electron chi connectivity index (χ3n) is 2.39. The molecule has 2 N–H and O–H groups in total. The first-order valence-electron chi connectivity index (χ1n) is 5.42. The lowest BCUT2D eigenvalue weighted by atomic mass is 10.2. The predicted octanol–water partition coefficient (Wildman–Crippen LogP) is 1.38. The van der Waals surface area contributed by atoms with Crippen molar-refractivity contribution >= 4 is 37.8 Å². The molecule has 0 saturated heterocycles. The third kappa shape index (κ3) is 4.48. The van der Waals surface area contributed by atoms with Crippen molar-refractivity contribution in [2.45, 2.75) is 6.42 Å². The molecule has 9 heteroatoms. The number of carboxylic acids is 1. The number of nitrogens with one attached hydrogen (secondary N) is 1. The Morgan fingerprint density at radius 3 is 2.75 bits per heavy atom. The van der Waals surface area contributed by atoms with Gasteiger partial charge in [-0.15, -0.1) is 0 Å². The maximum atomic E-state index is 12.0. The molecular weight excluding hydrogens is 350 g/mol. The van der Waals surface area contributed by atoms with Crippen LogP contribution in [0.4, 0.5) is 5.69 Å². The fraction of sp³-hybridized carbons (Fsp3) is 0.273. The second-order valence-electron chi connectivity index (χ2n) is 3.87. The summed E-state index contributed by atoms with van der Waals surface area (Å²) in [5.74, 6) is -1.09. The van der Waals surface area contributed by atoms with Crippen molar-refractivity contribution in [1.82, 2.24) is 4.31 Å². The molecule has 0 aliphatic heterocycles. The summed E-state index contributed by atoms with van der Waals surface area (Å²) in [4.78, 5) is 10.4. The van der Waals surface area contributed by atoms with Crippen LogP contribution in [-0.4, -0.2) is 37.4 Å². The standard InChI is InChI=1S/C11H12BrN3O4S/c1-15(5-4-11(16)17)20(18,19)14-10-6-9(12)3-2-8(10)7-13/h2-3,6,14H,4-5H2,1H3,(H,16,17). The maximum Gasteiger partial charge on any atom is 0.304 e. The van der Waals surface area contributed by atoms with E-state index in [-0.39, 0.29) is 24.2 Å². The van der Waals surface area contributed by atoms with Crippen molar-refractivity contribution in [3.63, 3.8) is 0 Å². The zero-order valence-corrected chi connectivity index (χ0v) is 12.9. The van der Waals surface area contributed by atoms with Crippen LogP contribution in [0.25, 0.3) is 0 Å². The van der Waals surface area contributed by atoms with Gasteiger partial charge >= 0.3 is 16.2 Å². The van der Waals surface area contributed by atoms with Crippen molar-refractivity contribution in [2.75, 3.05) is 18.3 Å². The Kier molecular flexibility index (Phi) is 5.50. The molecule has 0 aliphatic rings. The average molecular weight is 362 g/mol. The Morgan fingerprint density at radius 1 is 1.55 bits per heavy atom. The van der Waals surface area contributed by atoms with E-state index in [0.29, 0.717) is 4.47 Å². The van der Waals surface area contributed by atoms with Crippen LogP contribution in [0.1, 0.15) is 12.0 Å². The van der Waals surface area contributed by atoms with Gasteiger partial charge in [0.1, 0.15) is 6.07 Å². The smallest absolute Gasteiger partial charge is 0.304 e. The second-order valence-corrected chi connectivity index (χ2v) is 6.57. The number of nitriles is 1. The number of aliphatic carboxylic acids is 1. The molecule has 0 bridgehead atoms. The number of anilines is 1. The second kappa shape index (κ2) is 6.69. The highest BCUT2D eigenvalue weighted by atomic mass is 79.9. The molecule has 0 unspecified atom stereocenters. The first-order chi connectivity index (χ1) is 9.26. The van der Waals surface area contributed by atoms with Crippen molar-refractivity contribution in [3.8, 4) is 6.07 Å². The van der Waals surface area contributed by atoms with Crippen LogP contribution in [0.3, 0.4) is 0 Å². The fourth-order valence-corrected chi connectivity index (χ4v) is 2.58. The Bertz CT molecular complexity index is 654. The van der Waals surface area contributed by atoms with Gasteiger partial charge in [-0.05, 0) is 18.2 Å². The van der Waals surface area contributed by atoms with Crippen molar-refractivity contribution < 1.29 is 18.3 Å². The lowest BCUT2D eigenvalue weighted by Gasteiger charge is -2.18. The number of carbonyl (C=O) groups is 1. The minimum absolute atomic E-state index is 0.129. The van der Waals surface area contributed by atoms with E-state index in [1.165, 1.54) is 19.2 Å².